The Kier molecular flexibility index (Phi) is 2.59. The van der Waals surface area contributed by atoms with E-state index in [-0.39, 0.29) is 4.64 Å². The summed E-state index contributed by atoms with van der Waals surface area (Å²) in [7, 11) is 0. The van der Waals surface area contributed by atoms with Crippen LogP contribution < -0.4 is 0 Å². The monoisotopic (exact) mass is 244 g/mol. The molecule has 0 bridgehead atoms. The first kappa shape index (κ1) is 10.9. The van der Waals surface area contributed by atoms with Gasteiger partial charge in [0.2, 0.25) is 0 Å². The molecular formula is C10H7F3N2S. The second kappa shape index (κ2) is 3.79. The van der Waals surface area contributed by atoms with Crippen molar-refractivity contribution in [1.29, 1.82) is 0 Å². The van der Waals surface area contributed by atoms with Crippen LogP contribution >= 0.6 is 12.2 Å². The molecule has 1 N–H and O–H groups in total. The fourth-order valence-corrected chi connectivity index (χ4v) is 1.58. The number of aromatic nitrogens is 2. The zero-order valence-corrected chi connectivity index (χ0v) is 8.77. The molecule has 0 aliphatic heterocycles. The molecule has 0 unspecified atom stereocenters. The van der Waals surface area contributed by atoms with Gasteiger partial charge in [-0.15, -0.1) is 0 Å². The van der Waals surface area contributed by atoms with E-state index in [1.165, 1.54) is 4.68 Å². The quantitative estimate of drug-likeness (QED) is 0.761. The lowest BCUT2D eigenvalue weighted by atomic mass is 10.3. The molecular weight excluding hydrogens is 237 g/mol. The number of halogens is 3. The van der Waals surface area contributed by atoms with E-state index in [9.17, 15) is 13.2 Å². The average Bonchev–Trinajstić information content (AvgIpc) is 2.61. The molecule has 84 valence electrons. The minimum atomic E-state index is -4.41. The van der Waals surface area contributed by atoms with Crippen molar-refractivity contribution in [1.82, 2.24) is 9.78 Å². The molecule has 2 rings (SSSR count). The van der Waals surface area contributed by atoms with E-state index in [0.717, 1.165) is 6.07 Å². The zero-order chi connectivity index (χ0) is 11.8. The number of para-hydroxylation sites is 1. The second-order valence-electron chi connectivity index (χ2n) is 3.18. The average molecular weight is 244 g/mol. The normalized spacial score (nSPS) is 11.7. The molecule has 0 aliphatic carbocycles. The molecule has 2 aromatic rings. The maximum Gasteiger partial charge on any atom is 0.432 e. The van der Waals surface area contributed by atoms with Crippen molar-refractivity contribution < 1.29 is 13.2 Å². The van der Waals surface area contributed by atoms with Gasteiger partial charge in [-0.05, 0) is 12.1 Å². The fraction of sp³-hybridized carbons (Fsp3) is 0.100. The van der Waals surface area contributed by atoms with Crippen molar-refractivity contribution in [3.63, 3.8) is 0 Å². The Labute approximate surface area is 94.3 Å². The van der Waals surface area contributed by atoms with Gasteiger partial charge in [-0.3, -0.25) is 5.10 Å². The molecule has 16 heavy (non-hydrogen) atoms. The van der Waals surface area contributed by atoms with Crippen LogP contribution in [0, 0.1) is 4.64 Å². The number of benzene rings is 1. The van der Waals surface area contributed by atoms with Crippen LogP contribution in [0.2, 0.25) is 0 Å². The van der Waals surface area contributed by atoms with Crippen LogP contribution in [0.1, 0.15) is 5.69 Å². The summed E-state index contributed by atoms with van der Waals surface area (Å²) in [5, 5.41) is 2.23. The van der Waals surface area contributed by atoms with Crippen LogP contribution in [0.3, 0.4) is 0 Å². The minimum Gasteiger partial charge on any atom is -0.288 e. The zero-order valence-electron chi connectivity index (χ0n) is 7.95. The van der Waals surface area contributed by atoms with Crippen LogP contribution in [0.15, 0.2) is 36.4 Å². The minimum absolute atomic E-state index is 0.0959. The summed E-state index contributed by atoms with van der Waals surface area (Å²) in [6.07, 6.45) is -4.41. The number of alkyl halides is 3. The van der Waals surface area contributed by atoms with Gasteiger partial charge in [-0.25, -0.2) is 4.68 Å². The third kappa shape index (κ3) is 2.01. The molecule has 0 aliphatic rings. The predicted molar refractivity (Wildman–Crippen MR) is 56.0 cm³/mol. The third-order valence-electron chi connectivity index (χ3n) is 2.04. The van der Waals surface area contributed by atoms with Crippen molar-refractivity contribution >= 4 is 12.2 Å². The number of hydrogen-bond donors (Lipinski definition) is 1. The van der Waals surface area contributed by atoms with Crippen LogP contribution in [-0.4, -0.2) is 9.78 Å². The van der Waals surface area contributed by atoms with Crippen molar-refractivity contribution in [2.75, 3.05) is 0 Å². The lowest BCUT2D eigenvalue weighted by Crippen LogP contribution is -2.07. The summed E-state index contributed by atoms with van der Waals surface area (Å²) in [6, 6.07) is 9.48. The third-order valence-corrected chi connectivity index (χ3v) is 2.34. The maximum atomic E-state index is 12.4. The van der Waals surface area contributed by atoms with Crippen LogP contribution in [0.4, 0.5) is 13.2 Å². The molecule has 0 amide bonds. The first-order valence-corrected chi connectivity index (χ1v) is 4.84. The van der Waals surface area contributed by atoms with E-state index in [4.69, 9.17) is 12.2 Å². The Bertz CT molecular complexity index is 539. The summed E-state index contributed by atoms with van der Waals surface area (Å²) < 4.78 is 38.5. The highest BCUT2D eigenvalue weighted by molar-refractivity contribution is 7.71. The first-order chi connectivity index (χ1) is 7.48. The standard InChI is InChI=1S/C10H7F3N2S/c11-10(12,13)8-6-9(16)15(14-8)7-4-2-1-3-5-7/h1-6,14H. The summed E-state index contributed by atoms with van der Waals surface area (Å²) in [4.78, 5) is 0. The Morgan fingerprint density at radius 2 is 1.75 bits per heavy atom. The molecule has 0 spiro atoms. The van der Waals surface area contributed by atoms with Gasteiger partial charge in [-0.1, -0.05) is 30.4 Å². The van der Waals surface area contributed by atoms with Crippen molar-refractivity contribution in [2.24, 2.45) is 0 Å². The van der Waals surface area contributed by atoms with E-state index < -0.39 is 11.9 Å². The highest BCUT2D eigenvalue weighted by atomic mass is 32.1. The molecule has 0 radical (unpaired) electrons. The topological polar surface area (TPSA) is 20.7 Å². The SMILES string of the molecule is FC(F)(F)c1cc(=S)n(-c2ccccc2)[nH]1. The number of hydrogen-bond acceptors (Lipinski definition) is 1. The van der Waals surface area contributed by atoms with E-state index in [1.807, 2.05) is 0 Å². The molecule has 0 fully saturated rings. The molecule has 1 aromatic heterocycles. The van der Waals surface area contributed by atoms with E-state index in [0.29, 0.717) is 5.69 Å². The Morgan fingerprint density at radius 1 is 1.12 bits per heavy atom. The summed E-state index contributed by atoms with van der Waals surface area (Å²) in [5.41, 5.74) is -0.274. The predicted octanol–water partition coefficient (Wildman–Crippen LogP) is 3.55. The molecule has 0 saturated carbocycles. The largest absolute Gasteiger partial charge is 0.432 e. The lowest BCUT2D eigenvalue weighted by molar-refractivity contribution is -0.141. The Balaban J connectivity index is 2.53. The molecule has 6 heteroatoms. The van der Waals surface area contributed by atoms with Gasteiger partial charge in [0.25, 0.3) is 0 Å². The number of H-pyrrole nitrogens is 1. The second-order valence-corrected chi connectivity index (χ2v) is 3.60. The molecule has 1 aromatic carbocycles. The van der Waals surface area contributed by atoms with E-state index in [2.05, 4.69) is 5.10 Å². The van der Waals surface area contributed by atoms with Gasteiger partial charge in [0, 0.05) is 6.07 Å². The summed E-state index contributed by atoms with van der Waals surface area (Å²) in [6.45, 7) is 0. The van der Waals surface area contributed by atoms with Gasteiger partial charge in [0.15, 0.2) is 0 Å². The van der Waals surface area contributed by atoms with Gasteiger partial charge in [0.1, 0.15) is 10.3 Å². The van der Waals surface area contributed by atoms with Crippen molar-refractivity contribution in [3.05, 3.63) is 46.7 Å². The molecule has 0 atom stereocenters. The highest BCUT2D eigenvalue weighted by Gasteiger charge is 2.33. The lowest BCUT2D eigenvalue weighted by Gasteiger charge is -2.04. The number of aromatic amines is 1. The number of nitrogens with zero attached hydrogens (tertiary/aromatic N) is 1. The smallest absolute Gasteiger partial charge is 0.288 e. The Hall–Kier alpha value is -1.56. The highest BCUT2D eigenvalue weighted by Crippen LogP contribution is 2.28. The summed E-state index contributed by atoms with van der Waals surface area (Å²) in [5.74, 6) is 0. The van der Waals surface area contributed by atoms with Crippen LogP contribution in [0.25, 0.3) is 5.69 Å². The Morgan fingerprint density at radius 3 is 2.25 bits per heavy atom. The van der Waals surface area contributed by atoms with Gasteiger partial charge >= 0.3 is 6.18 Å². The molecule has 1 heterocycles. The number of nitrogens with one attached hydrogen (secondary N) is 1. The van der Waals surface area contributed by atoms with Gasteiger partial charge < -0.3 is 0 Å². The molecule has 0 saturated heterocycles. The van der Waals surface area contributed by atoms with Crippen LogP contribution in [-0.2, 0) is 6.18 Å². The first-order valence-electron chi connectivity index (χ1n) is 4.43. The van der Waals surface area contributed by atoms with Gasteiger partial charge in [-0.2, -0.15) is 13.2 Å². The van der Waals surface area contributed by atoms with Crippen molar-refractivity contribution in [3.8, 4) is 5.69 Å². The van der Waals surface area contributed by atoms with E-state index >= 15 is 0 Å². The van der Waals surface area contributed by atoms with E-state index in [1.54, 1.807) is 30.3 Å². The molecule has 2 nitrogen and oxygen atoms in total. The van der Waals surface area contributed by atoms with Gasteiger partial charge in [0.05, 0.1) is 5.69 Å². The summed E-state index contributed by atoms with van der Waals surface area (Å²) >= 11 is 4.86. The van der Waals surface area contributed by atoms with Crippen molar-refractivity contribution in [2.45, 2.75) is 6.18 Å². The fourth-order valence-electron chi connectivity index (χ4n) is 1.31. The van der Waals surface area contributed by atoms with Crippen LogP contribution in [0.5, 0.6) is 0 Å². The number of rotatable bonds is 1. The maximum absolute atomic E-state index is 12.4.